The molecule has 1 aromatic carbocycles. The molecule has 0 unspecified atom stereocenters. The molecular formula is C19H24ClN5O4S. The van der Waals surface area contributed by atoms with Crippen molar-refractivity contribution in [1.82, 2.24) is 9.29 Å². The van der Waals surface area contributed by atoms with Crippen LogP contribution in [0.1, 0.15) is 33.6 Å². The maximum Gasteiger partial charge on any atom is 0.324 e. The Morgan fingerprint density at radius 1 is 1.30 bits per heavy atom. The van der Waals surface area contributed by atoms with Gasteiger partial charge in [0.25, 0.3) is 0 Å². The van der Waals surface area contributed by atoms with E-state index in [2.05, 4.69) is 9.98 Å². The Morgan fingerprint density at radius 2 is 2.00 bits per heavy atom. The SMILES string of the molecule is CC(C)(C)OC(=O)[C@H]1CCCN1S(=O)(=O)c1ccc2c(Cl)cnc(N=C(N)N)c2c1. The standard InChI is InChI=1S/C19H24ClN5O4S/c1-19(2,3)29-17(26)15-5-4-8-25(15)30(27,28)11-6-7-12-13(9-11)16(24-18(21)22)23-10-14(12)20/h6-7,9-10,15H,4-5,8H2,1-3H3,(H4,21,22,23,24)/t15-/m1/s1. The van der Waals surface area contributed by atoms with Crippen LogP contribution in [0.5, 0.6) is 0 Å². The fourth-order valence-corrected chi connectivity index (χ4v) is 5.20. The molecule has 0 radical (unpaired) electrons. The van der Waals surface area contributed by atoms with Crippen LogP contribution in [0.4, 0.5) is 5.82 Å². The zero-order chi connectivity index (χ0) is 22.3. The lowest BCUT2D eigenvalue weighted by Gasteiger charge is -2.27. The van der Waals surface area contributed by atoms with Crippen molar-refractivity contribution in [2.45, 2.75) is 50.2 Å². The average molecular weight is 454 g/mol. The molecule has 0 spiro atoms. The molecule has 11 heteroatoms. The highest BCUT2D eigenvalue weighted by Crippen LogP contribution is 2.34. The van der Waals surface area contributed by atoms with Crippen LogP contribution in [0.15, 0.2) is 34.3 Å². The van der Waals surface area contributed by atoms with E-state index in [0.29, 0.717) is 28.6 Å². The van der Waals surface area contributed by atoms with Gasteiger partial charge in [0.05, 0.1) is 9.92 Å². The maximum absolute atomic E-state index is 13.4. The van der Waals surface area contributed by atoms with Crippen LogP contribution >= 0.6 is 11.6 Å². The number of nitrogens with two attached hydrogens (primary N) is 2. The number of carbonyl (C=O) groups excluding carboxylic acids is 1. The second-order valence-electron chi connectivity index (χ2n) is 7.98. The highest BCUT2D eigenvalue weighted by Gasteiger charge is 2.41. The van der Waals surface area contributed by atoms with Crippen molar-refractivity contribution in [2.75, 3.05) is 6.54 Å². The summed E-state index contributed by atoms with van der Waals surface area (Å²) in [5, 5.41) is 1.26. The van der Waals surface area contributed by atoms with E-state index in [9.17, 15) is 13.2 Å². The number of nitrogens with zero attached hydrogens (tertiary/aromatic N) is 3. The van der Waals surface area contributed by atoms with E-state index in [-0.39, 0.29) is 23.2 Å². The van der Waals surface area contributed by atoms with E-state index >= 15 is 0 Å². The molecule has 1 aromatic heterocycles. The molecular weight excluding hydrogens is 430 g/mol. The minimum absolute atomic E-state index is 0.0124. The molecule has 30 heavy (non-hydrogen) atoms. The van der Waals surface area contributed by atoms with Gasteiger partial charge in [-0.3, -0.25) is 4.79 Å². The summed E-state index contributed by atoms with van der Waals surface area (Å²) in [6, 6.07) is 3.54. The average Bonchev–Trinajstić information content (AvgIpc) is 3.13. The smallest absolute Gasteiger partial charge is 0.324 e. The van der Waals surface area contributed by atoms with Crippen LogP contribution in [0, 0.1) is 0 Å². The first-order chi connectivity index (χ1) is 13.9. The van der Waals surface area contributed by atoms with Gasteiger partial charge in [-0.2, -0.15) is 9.30 Å². The predicted molar refractivity (Wildman–Crippen MR) is 115 cm³/mol. The highest BCUT2D eigenvalue weighted by molar-refractivity contribution is 7.89. The molecule has 3 rings (SSSR count). The van der Waals surface area contributed by atoms with E-state index in [1.165, 1.54) is 22.6 Å². The molecule has 2 heterocycles. The Bertz CT molecular complexity index is 1120. The van der Waals surface area contributed by atoms with E-state index in [1.807, 2.05) is 0 Å². The van der Waals surface area contributed by atoms with Crippen molar-refractivity contribution in [3.63, 3.8) is 0 Å². The number of benzene rings is 1. The van der Waals surface area contributed by atoms with Crippen LogP contribution in [-0.2, 0) is 19.6 Å². The Balaban J connectivity index is 2.05. The monoisotopic (exact) mass is 453 g/mol. The molecule has 162 valence electrons. The lowest BCUT2D eigenvalue weighted by molar-refractivity contribution is -0.158. The Morgan fingerprint density at radius 3 is 2.63 bits per heavy atom. The molecule has 2 aromatic rings. The fraction of sp³-hybridized carbons (Fsp3) is 0.421. The molecule has 1 aliphatic heterocycles. The predicted octanol–water partition coefficient (Wildman–Crippen LogP) is 2.29. The number of aromatic nitrogens is 1. The molecule has 0 bridgehead atoms. The second-order valence-corrected chi connectivity index (χ2v) is 10.3. The van der Waals surface area contributed by atoms with E-state index in [0.717, 1.165) is 0 Å². The molecule has 4 N–H and O–H groups in total. The third-order valence-corrected chi connectivity index (χ3v) is 6.72. The highest BCUT2D eigenvalue weighted by atomic mass is 35.5. The molecule has 1 atom stereocenters. The Labute approximate surface area is 180 Å². The molecule has 1 saturated heterocycles. The van der Waals surface area contributed by atoms with Gasteiger partial charge in [-0.05, 0) is 45.7 Å². The number of hydrogen-bond donors (Lipinski definition) is 2. The van der Waals surface area contributed by atoms with Crippen LogP contribution in [0.2, 0.25) is 5.02 Å². The third kappa shape index (κ3) is 4.50. The van der Waals surface area contributed by atoms with Gasteiger partial charge >= 0.3 is 5.97 Å². The van der Waals surface area contributed by atoms with Gasteiger partial charge in [0, 0.05) is 23.5 Å². The van der Waals surface area contributed by atoms with Gasteiger partial charge in [-0.15, -0.1) is 0 Å². The summed E-state index contributed by atoms with van der Waals surface area (Å²) < 4.78 is 33.3. The van der Waals surface area contributed by atoms with Crippen molar-refractivity contribution >= 4 is 50.1 Å². The summed E-state index contributed by atoms with van der Waals surface area (Å²) >= 11 is 6.19. The first kappa shape index (κ1) is 22.3. The van der Waals surface area contributed by atoms with Gasteiger partial charge in [0.15, 0.2) is 11.8 Å². The Kier molecular flexibility index (Phi) is 5.94. The third-order valence-electron chi connectivity index (χ3n) is 4.51. The van der Waals surface area contributed by atoms with Crippen molar-refractivity contribution < 1.29 is 17.9 Å². The van der Waals surface area contributed by atoms with Gasteiger partial charge in [-0.25, -0.2) is 13.4 Å². The number of fused-ring (bicyclic) bond motifs is 1. The summed E-state index contributed by atoms with van der Waals surface area (Å²) in [6.45, 7) is 5.44. The number of ether oxygens (including phenoxy) is 1. The van der Waals surface area contributed by atoms with Gasteiger partial charge in [-0.1, -0.05) is 17.7 Å². The number of guanidine groups is 1. The quantitative estimate of drug-likeness (QED) is 0.411. The zero-order valence-corrected chi connectivity index (χ0v) is 18.5. The van der Waals surface area contributed by atoms with Crippen molar-refractivity contribution in [1.29, 1.82) is 0 Å². The fourth-order valence-electron chi connectivity index (χ4n) is 3.31. The van der Waals surface area contributed by atoms with Gasteiger partial charge < -0.3 is 16.2 Å². The first-order valence-corrected chi connectivity index (χ1v) is 11.1. The molecule has 1 fully saturated rings. The molecule has 0 aliphatic carbocycles. The van der Waals surface area contributed by atoms with E-state index in [4.69, 9.17) is 27.8 Å². The minimum Gasteiger partial charge on any atom is -0.459 e. The van der Waals surface area contributed by atoms with Crippen molar-refractivity contribution in [3.8, 4) is 0 Å². The summed E-state index contributed by atoms with van der Waals surface area (Å²) in [5.41, 5.74) is 10.2. The largest absolute Gasteiger partial charge is 0.459 e. The molecule has 1 aliphatic rings. The topological polar surface area (TPSA) is 141 Å². The number of hydrogen-bond acceptors (Lipinski definition) is 6. The summed E-state index contributed by atoms with van der Waals surface area (Å²) in [6.07, 6.45) is 2.34. The first-order valence-electron chi connectivity index (χ1n) is 9.33. The summed E-state index contributed by atoms with van der Waals surface area (Å²) in [7, 11) is -3.99. The van der Waals surface area contributed by atoms with E-state index < -0.39 is 27.6 Å². The van der Waals surface area contributed by atoms with Crippen LogP contribution in [0.3, 0.4) is 0 Å². The number of esters is 1. The van der Waals surface area contributed by atoms with Crippen LogP contribution < -0.4 is 11.5 Å². The van der Waals surface area contributed by atoms with Crippen molar-refractivity contribution in [3.05, 3.63) is 29.4 Å². The van der Waals surface area contributed by atoms with Crippen LogP contribution in [-0.4, -0.2) is 47.8 Å². The van der Waals surface area contributed by atoms with E-state index in [1.54, 1.807) is 26.8 Å². The number of aliphatic imine (C=N–C) groups is 1. The lowest BCUT2D eigenvalue weighted by atomic mass is 10.1. The van der Waals surface area contributed by atoms with Gasteiger partial charge in [0.2, 0.25) is 10.0 Å². The molecule has 0 amide bonds. The Hall–Kier alpha value is -2.43. The molecule has 9 nitrogen and oxygen atoms in total. The van der Waals surface area contributed by atoms with Gasteiger partial charge in [0.1, 0.15) is 11.6 Å². The number of rotatable bonds is 4. The number of carbonyl (C=O) groups is 1. The normalized spacial score (nSPS) is 17.8. The molecule has 0 saturated carbocycles. The number of pyridine rings is 1. The number of sulfonamides is 1. The maximum atomic E-state index is 13.4. The lowest BCUT2D eigenvalue weighted by Crippen LogP contribution is -2.43. The van der Waals surface area contributed by atoms with Crippen molar-refractivity contribution in [2.24, 2.45) is 16.5 Å². The zero-order valence-electron chi connectivity index (χ0n) is 16.9. The number of halogens is 1. The summed E-state index contributed by atoms with van der Waals surface area (Å²) in [5.74, 6) is -0.629. The van der Waals surface area contributed by atoms with Crippen LogP contribution in [0.25, 0.3) is 10.8 Å². The second kappa shape index (κ2) is 8.01. The summed E-state index contributed by atoms with van der Waals surface area (Å²) in [4.78, 5) is 20.6. The minimum atomic E-state index is -3.99.